The second-order valence-electron chi connectivity index (χ2n) is 6.24. The minimum absolute atomic E-state index is 0.0110. The molecule has 1 aliphatic heterocycles. The third-order valence-corrected chi connectivity index (χ3v) is 5.10. The molecule has 0 saturated carbocycles. The lowest BCUT2D eigenvalue weighted by molar-refractivity contribution is 0.429. The number of pyridine rings is 1. The van der Waals surface area contributed by atoms with Crippen molar-refractivity contribution in [3.63, 3.8) is 0 Å². The van der Waals surface area contributed by atoms with Gasteiger partial charge >= 0.3 is 0 Å². The number of hydrogen-bond acceptors (Lipinski definition) is 4. The van der Waals surface area contributed by atoms with Gasteiger partial charge in [-0.15, -0.1) is 0 Å². The second-order valence-corrected chi connectivity index (χ2v) is 6.60. The van der Waals surface area contributed by atoms with Gasteiger partial charge in [-0.1, -0.05) is 48.5 Å². The molecule has 0 amide bonds. The van der Waals surface area contributed by atoms with Crippen molar-refractivity contribution in [2.75, 3.05) is 0 Å². The van der Waals surface area contributed by atoms with Crippen LogP contribution in [0.5, 0.6) is 5.88 Å². The maximum atomic E-state index is 13.0. The molecule has 0 fully saturated rings. The Hall–Kier alpha value is -3.25. The van der Waals surface area contributed by atoms with Crippen LogP contribution >= 0.6 is 12.2 Å². The van der Waals surface area contributed by atoms with E-state index in [0.29, 0.717) is 17.4 Å². The van der Waals surface area contributed by atoms with E-state index in [1.165, 1.54) is 4.40 Å². The summed E-state index contributed by atoms with van der Waals surface area (Å²) < 4.78 is 3.20. The van der Waals surface area contributed by atoms with Crippen LogP contribution in [0.15, 0.2) is 70.5 Å². The number of rotatable bonds is 2. The van der Waals surface area contributed by atoms with E-state index in [1.54, 1.807) is 10.6 Å². The molecule has 5 nitrogen and oxygen atoms in total. The van der Waals surface area contributed by atoms with Crippen LogP contribution in [-0.2, 0) is 6.54 Å². The maximum Gasteiger partial charge on any atom is 0.284 e. The van der Waals surface area contributed by atoms with E-state index in [4.69, 9.17) is 12.2 Å². The molecule has 1 aliphatic rings. The second kappa shape index (κ2) is 5.37. The highest BCUT2D eigenvalue weighted by atomic mass is 32.1. The van der Waals surface area contributed by atoms with Crippen molar-refractivity contribution in [1.29, 1.82) is 0 Å². The van der Waals surface area contributed by atoms with Crippen LogP contribution in [0.4, 0.5) is 5.69 Å². The lowest BCUT2D eigenvalue weighted by atomic mass is 10.1. The average Bonchev–Trinajstić information content (AvgIpc) is 3.15. The summed E-state index contributed by atoms with van der Waals surface area (Å²) in [5.41, 5.74) is 3.47. The van der Waals surface area contributed by atoms with E-state index in [0.717, 1.165) is 22.4 Å². The standard InChI is InChI=1S/C20H13N3O2S/c24-18-16-10-14-13-8-4-5-9-15(13)21-17(14)19(25)23(16)20(26)22(18)11-12-6-2-1-3-7-12/h1-10,24H,11H2. The van der Waals surface area contributed by atoms with Gasteiger partial charge in [0.05, 0.1) is 12.2 Å². The fraction of sp³-hybridized carbons (Fsp3) is 0.0500. The summed E-state index contributed by atoms with van der Waals surface area (Å²) in [7, 11) is 0. The molecule has 126 valence electrons. The molecule has 6 heteroatoms. The number of benzene rings is 2. The number of nitrogens with zero attached hydrogens (tertiary/aromatic N) is 3. The highest BCUT2D eigenvalue weighted by molar-refractivity contribution is 7.71. The summed E-state index contributed by atoms with van der Waals surface area (Å²) in [6.45, 7) is 0.394. The normalized spacial score (nSPS) is 12.0. The third kappa shape index (κ3) is 1.99. The van der Waals surface area contributed by atoms with Crippen LogP contribution in [0.3, 0.4) is 0 Å². The first kappa shape index (κ1) is 15.0. The molecule has 3 heterocycles. The Labute approximate surface area is 153 Å². The number of fused-ring (bicyclic) bond motifs is 4. The molecule has 2 aromatic heterocycles. The Morgan fingerprint density at radius 1 is 1.00 bits per heavy atom. The van der Waals surface area contributed by atoms with Crippen molar-refractivity contribution in [3.05, 3.63) is 86.7 Å². The van der Waals surface area contributed by atoms with E-state index in [9.17, 15) is 9.90 Å². The van der Waals surface area contributed by atoms with Crippen LogP contribution in [0.2, 0.25) is 0 Å². The zero-order chi connectivity index (χ0) is 17.8. The molecule has 2 aromatic carbocycles. The van der Waals surface area contributed by atoms with Crippen molar-refractivity contribution in [3.8, 4) is 17.0 Å². The molecule has 0 aliphatic carbocycles. The minimum atomic E-state index is -0.305. The Bertz CT molecular complexity index is 1350. The molecule has 0 saturated heterocycles. The van der Waals surface area contributed by atoms with Crippen molar-refractivity contribution < 1.29 is 5.11 Å². The molecule has 0 radical (unpaired) electrons. The monoisotopic (exact) mass is 359 g/mol. The minimum Gasteiger partial charge on any atom is -0.493 e. The quantitative estimate of drug-likeness (QED) is 0.492. The van der Waals surface area contributed by atoms with Crippen molar-refractivity contribution >= 4 is 23.4 Å². The van der Waals surface area contributed by atoms with Crippen molar-refractivity contribution in [2.24, 2.45) is 4.99 Å². The topological polar surface area (TPSA) is 59.0 Å². The van der Waals surface area contributed by atoms with Crippen molar-refractivity contribution in [2.45, 2.75) is 6.54 Å². The first-order valence-electron chi connectivity index (χ1n) is 8.18. The first-order valence-corrected chi connectivity index (χ1v) is 8.59. The first-order chi connectivity index (χ1) is 12.6. The van der Waals surface area contributed by atoms with E-state index >= 15 is 0 Å². The molecule has 26 heavy (non-hydrogen) atoms. The Balaban J connectivity index is 1.81. The fourth-order valence-corrected chi connectivity index (χ4v) is 3.78. The van der Waals surface area contributed by atoms with Crippen LogP contribution in [-0.4, -0.2) is 14.1 Å². The Morgan fingerprint density at radius 3 is 2.54 bits per heavy atom. The molecular weight excluding hydrogens is 346 g/mol. The highest BCUT2D eigenvalue weighted by Gasteiger charge is 2.21. The molecule has 0 unspecified atom stereocenters. The van der Waals surface area contributed by atoms with Gasteiger partial charge in [-0.25, -0.2) is 9.39 Å². The molecule has 0 bridgehead atoms. The van der Waals surface area contributed by atoms with Crippen molar-refractivity contribution in [1.82, 2.24) is 8.97 Å². The molecule has 0 spiro atoms. The number of aromatic nitrogens is 2. The predicted octanol–water partition coefficient (Wildman–Crippen LogP) is 3.23. The average molecular weight is 359 g/mol. The predicted molar refractivity (Wildman–Crippen MR) is 102 cm³/mol. The van der Waals surface area contributed by atoms with Gasteiger partial charge < -0.3 is 5.11 Å². The van der Waals surface area contributed by atoms with Gasteiger partial charge in [0, 0.05) is 11.1 Å². The number of hydrogen-bond donors (Lipinski definition) is 1. The molecule has 5 rings (SSSR count). The van der Waals surface area contributed by atoms with E-state index in [1.807, 2.05) is 54.6 Å². The molecule has 1 N–H and O–H groups in total. The fourth-order valence-electron chi connectivity index (χ4n) is 3.45. The van der Waals surface area contributed by atoms with Crippen LogP contribution in [0, 0.1) is 4.77 Å². The zero-order valence-electron chi connectivity index (χ0n) is 13.6. The maximum absolute atomic E-state index is 13.0. The van der Waals surface area contributed by atoms with E-state index in [-0.39, 0.29) is 16.2 Å². The summed E-state index contributed by atoms with van der Waals surface area (Å²) in [5.74, 6) is -0.0110. The van der Waals surface area contributed by atoms with Crippen LogP contribution < -0.4 is 10.9 Å². The summed E-state index contributed by atoms with van der Waals surface area (Å²) in [4.78, 5) is 17.5. The number of para-hydroxylation sites is 1. The lowest BCUT2D eigenvalue weighted by Gasteiger charge is -2.03. The van der Waals surface area contributed by atoms with Gasteiger partial charge in [-0.2, -0.15) is 0 Å². The van der Waals surface area contributed by atoms with Crippen LogP contribution in [0.1, 0.15) is 5.56 Å². The van der Waals surface area contributed by atoms with E-state index in [2.05, 4.69) is 4.99 Å². The third-order valence-electron chi connectivity index (χ3n) is 4.70. The summed E-state index contributed by atoms with van der Waals surface area (Å²) in [6, 6.07) is 19.1. The summed E-state index contributed by atoms with van der Waals surface area (Å²) >= 11 is 5.48. The Morgan fingerprint density at radius 2 is 1.73 bits per heavy atom. The van der Waals surface area contributed by atoms with Gasteiger partial charge in [0.2, 0.25) is 5.88 Å². The summed E-state index contributed by atoms with van der Waals surface area (Å²) in [6.07, 6.45) is 0. The number of imidazole rings is 1. The highest BCUT2D eigenvalue weighted by Crippen LogP contribution is 2.33. The largest absolute Gasteiger partial charge is 0.493 e. The molecule has 4 aromatic rings. The molecule has 0 atom stereocenters. The smallest absolute Gasteiger partial charge is 0.284 e. The van der Waals surface area contributed by atoms with E-state index < -0.39 is 0 Å². The van der Waals surface area contributed by atoms with Gasteiger partial charge in [0.25, 0.3) is 5.56 Å². The van der Waals surface area contributed by atoms with Gasteiger partial charge in [0.15, 0.2) is 4.77 Å². The number of aromatic hydroxyl groups is 1. The summed E-state index contributed by atoms with van der Waals surface area (Å²) in [5, 5.41) is 11.1. The van der Waals surface area contributed by atoms with Gasteiger partial charge in [0.1, 0.15) is 10.9 Å². The molecular formula is C20H13N3O2S. The lowest BCUT2D eigenvalue weighted by Crippen LogP contribution is -2.31. The van der Waals surface area contributed by atoms with Gasteiger partial charge in [-0.3, -0.25) is 9.36 Å². The Kier molecular flexibility index (Phi) is 3.11. The van der Waals surface area contributed by atoms with Crippen LogP contribution in [0.25, 0.3) is 16.6 Å². The zero-order valence-corrected chi connectivity index (χ0v) is 14.4. The SMILES string of the molecule is O=c1c2c(cc3c(O)n(Cc4ccccc4)c(=S)n13)-c1ccccc1N=2. The van der Waals surface area contributed by atoms with Gasteiger partial charge in [-0.05, 0) is 29.9 Å².